The lowest BCUT2D eigenvalue weighted by molar-refractivity contribution is 0.280. The highest BCUT2D eigenvalue weighted by molar-refractivity contribution is 5.60. The fourth-order valence-electron chi connectivity index (χ4n) is 2.52. The quantitative estimate of drug-likeness (QED) is 0.789. The van der Waals surface area contributed by atoms with Gasteiger partial charge in [0.25, 0.3) is 0 Å². The standard InChI is InChI=1S/C16H22N2/c1-4-13-5-6-15(14(11-13)12-17)18-9-7-16(2,3)8-10-18/h5-6,11H,4,7-10H2,1-3H3. The Hall–Kier alpha value is -1.49. The van der Waals surface area contributed by atoms with Crippen molar-refractivity contribution < 1.29 is 0 Å². The number of hydrogen-bond acceptors (Lipinski definition) is 2. The molecule has 1 saturated heterocycles. The van der Waals surface area contributed by atoms with Crippen LogP contribution in [0.3, 0.4) is 0 Å². The minimum Gasteiger partial charge on any atom is -0.370 e. The first-order valence-corrected chi connectivity index (χ1v) is 6.84. The van der Waals surface area contributed by atoms with Gasteiger partial charge in [-0.15, -0.1) is 0 Å². The number of hydrogen-bond donors (Lipinski definition) is 0. The molecule has 18 heavy (non-hydrogen) atoms. The van der Waals surface area contributed by atoms with Crippen molar-refractivity contribution in [2.45, 2.75) is 40.0 Å². The average Bonchev–Trinajstić information content (AvgIpc) is 2.38. The predicted octanol–water partition coefficient (Wildman–Crippen LogP) is 3.75. The third-order valence-electron chi connectivity index (χ3n) is 4.05. The van der Waals surface area contributed by atoms with Gasteiger partial charge in [0.1, 0.15) is 6.07 Å². The van der Waals surface area contributed by atoms with Gasteiger partial charge in [-0.05, 0) is 42.4 Å². The Morgan fingerprint density at radius 2 is 1.94 bits per heavy atom. The summed E-state index contributed by atoms with van der Waals surface area (Å²) in [6, 6.07) is 8.65. The van der Waals surface area contributed by atoms with Gasteiger partial charge < -0.3 is 4.90 Å². The molecule has 0 aliphatic carbocycles. The van der Waals surface area contributed by atoms with E-state index >= 15 is 0 Å². The van der Waals surface area contributed by atoms with Gasteiger partial charge in [-0.2, -0.15) is 5.26 Å². The van der Waals surface area contributed by atoms with E-state index in [0.717, 1.165) is 30.8 Å². The zero-order valence-corrected chi connectivity index (χ0v) is 11.7. The Balaban J connectivity index is 2.22. The Kier molecular flexibility index (Phi) is 3.61. The first-order valence-electron chi connectivity index (χ1n) is 6.84. The topological polar surface area (TPSA) is 27.0 Å². The molecule has 0 saturated carbocycles. The van der Waals surface area contributed by atoms with Crippen molar-refractivity contribution >= 4 is 5.69 Å². The molecule has 1 aromatic carbocycles. The van der Waals surface area contributed by atoms with Crippen molar-refractivity contribution in [1.82, 2.24) is 0 Å². The maximum Gasteiger partial charge on any atom is 0.101 e. The second-order valence-electron chi connectivity index (χ2n) is 5.97. The molecule has 0 aromatic heterocycles. The molecule has 1 fully saturated rings. The van der Waals surface area contributed by atoms with Crippen molar-refractivity contribution in [2.24, 2.45) is 5.41 Å². The van der Waals surface area contributed by atoms with Crippen molar-refractivity contribution in [2.75, 3.05) is 18.0 Å². The van der Waals surface area contributed by atoms with Gasteiger partial charge in [0.15, 0.2) is 0 Å². The maximum absolute atomic E-state index is 9.30. The molecular weight excluding hydrogens is 220 g/mol. The van der Waals surface area contributed by atoms with Crippen molar-refractivity contribution in [3.63, 3.8) is 0 Å². The summed E-state index contributed by atoms with van der Waals surface area (Å²) in [5, 5.41) is 9.30. The number of nitrogens with zero attached hydrogens (tertiary/aromatic N) is 2. The molecule has 2 nitrogen and oxygen atoms in total. The summed E-state index contributed by atoms with van der Waals surface area (Å²) in [7, 11) is 0. The van der Waals surface area contributed by atoms with Crippen molar-refractivity contribution in [3.8, 4) is 6.07 Å². The summed E-state index contributed by atoms with van der Waals surface area (Å²) in [4.78, 5) is 2.36. The van der Waals surface area contributed by atoms with E-state index in [9.17, 15) is 5.26 Å². The van der Waals surface area contributed by atoms with E-state index in [4.69, 9.17) is 0 Å². The van der Waals surface area contributed by atoms with Gasteiger partial charge in [-0.3, -0.25) is 0 Å². The number of aryl methyl sites for hydroxylation is 1. The van der Waals surface area contributed by atoms with Gasteiger partial charge in [-0.1, -0.05) is 26.8 Å². The first-order chi connectivity index (χ1) is 8.55. The van der Waals surface area contributed by atoms with E-state index in [0.29, 0.717) is 5.41 Å². The third kappa shape index (κ3) is 2.67. The van der Waals surface area contributed by atoms with Crippen LogP contribution in [0.4, 0.5) is 5.69 Å². The van der Waals surface area contributed by atoms with E-state index in [2.05, 4.69) is 43.9 Å². The van der Waals surface area contributed by atoms with E-state index < -0.39 is 0 Å². The number of anilines is 1. The summed E-state index contributed by atoms with van der Waals surface area (Å²) in [5.41, 5.74) is 3.64. The first kappa shape index (κ1) is 13.0. The third-order valence-corrected chi connectivity index (χ3v) is 4.05. The fourth-order valence-corrected chi connectivity index (χ4v) is 2.52. The largest absolute Gasteiger partial charge is 0.370 e. The minimum absolute atomic E-state index is 0.451. The van der Waals surface area contributed by atoms with E-state index in [1.807, 2.05) is 6.07 Å². The Bertz CT molecular complexity index is 458. The van der Waals surface area contributed by atoms with Crippen LogP contribution in [-0.4, -0.2) is 13.1 Å². The number of nitriles is 1. The van der Waals surface area contributed by atoms with Crippen LogP contribution in [-0.2, 0) is 6.42 Å². The van der Waals surface area contributed by atoms with Crippen LogP contribution in [0.15, 0.2) is 18.2 Å². The highest BCUT2D eigenvalue weighted by atomic mass is 15.1. The zero-order chi connectivity index (χ0) is 13.2. The lowest BCUT2D eigenvalue weighted by Gasteiger charge is -2.38. The van der Waals surface area contributed by atoms with Crippen molar-refractivity contribution in [1.29, 1.82) is 5.26 Å². The van der Waals surface area contributed by atoms with Crippen LogP contribution < -0.4 is 4.90 Å². The Labute approximate surface area is 110 Å². The predicted molar refractivity (Wildman–Crippen MR) is 75.8 cm³/mol. The summed E-state index contributed by atoms with van der Waals surface area (Å²) < 4.78 is 0. The molecule has 0 atom stereocenters. The zero-order valence-electron chi connectivity index (χ0n) is 11.7. The fraction of sp³-hybridized carbons (Fsp3) is 0.562. The van der Waals surface area contributed by atoms with Gasteiger partial charge in [0, 0.05) is 13.1 Å². The second-order valence-corrected chi connectivity index (χ2v) is 5.97. The highest BCUT2D eigenvalue weighted by Crippen LogP contribution is 2.33. The molecule has 1 aliphatic rings. The van der Waals surface area contributed by atoms with Crippen LogP contribution in [0.2, 0.25) is 0 Å². The average molecular weight is 242 g/mol. The molecule has 0 N–H and O–H groups in total. The number of piperidine rings is 1. The maximum atomic E-state index is 9.30. The molecule has 0 radical (unpaired) electrons. The molecule has 2 rings (SSSR count). The molecule has 1 aliphatic heterocycles. The number of benzene rings is 1. The van der Waals surface area contributed by atoms with Crippen LogP contribution in [0.25, 0.3) is 0 Å². The van der Waals surface area contributed by atoms with Gasteiger partial charge in [0.2, 0.25) is 0 Å². The molecule has 0 spiro atoms. The summed E-state index contributed by atoms with van der Waals surface area (Å²) in [6.45, 7) is 8.91. The van der Waals surface area contributed by atoms with Crippen LogP contribution >= 0.6 is 0 Å². The number of rotatable bonds is 2. The Morgan fingerprint density at radius 1 is 1.28 bits per heavy atom. The second kappa shape index (κ2) is 5.02. The van der Waals surface area contributed by atoms with Gasteiger partial charge in [-0.25, -0.2) is 0 Å². The molecule has 0 bridgehead atoms. The molecule has 2 heteroatoms. The van der Waals surface area contributed by atoms with Crippen molar-refractivity contribution in [3.05, 3.63) is 29.3 Å². The molecule has 96 valence electrons. The molecule has 0 unspecified atom stereocenters. The summed E-state index contributed by atoms with van der Waals surface area (Å²) in [6.07, 6.45) is 3.39. The smallest absolute Gasteiger partial charge is 0.101 e. The summed E-state index contributed by atoms with van der Waals surface area (Å²) >= 11 is 0. The molecular formula is C16H22N2. The minimum atomic E-state index is 0.451. The lowest BCUT2D eigenvalue weighted by atomic mass is 9.82. The van der Waals surface area contributed by atoms with E-state index in [1.54, 1.807) is 0 Å². The van der Waals surface area contributed by atoms with E-state index in [1.165, 1.54) is 18.4 Å². The SMILES string of the molecule is CCc1ccc(N2CCC(C)(C)CC2)c(C#N)c1. The summed E-state index contributed by atoms with van der Waals surface area (Å²) in [5.74, 6) is 0. The Morgan fingerprint density at radius 3 is 2.50 bits per heavy atom. The monoisotopic (exact) mass is 242 g/mol. The molecule has 1 aromatic rings. The highest BCUT2D eigenvalue weighted by Gasteiger charge is 2.26. The van der Waals surface area contributed by atoms with E-state index in [-0.39, 0.29) is 0 Å². The van der Waals surface area contributed by atoms with Gasteiger partial charge >= 0.3 is 0 Å². The normalized spacial score (nSPS) is 18.4. The van der Waals surface area contributed by atoms with Crippen LogP contribution in [0.5, 0.6) is 0 Å². The lowest BCUT2D eigenvalue weighted by Crippen LogP contribution is -2.37. The van der Waals surface area contributed by atoms with Crippen LogP contribution in [0.1, 0.15) is 44.7 Å². The molecule has 1 heterocycles. The van der Waals surface area contributed by atoms with Crippen LogP contribution in [0, 0.1) is 16.7 Å². The molecule has 0 amide bonds. The van der Waals surface area contributed by atoms with Gasteiger partial charge in [0.05, 0.1) is 11.3 Å².